The van der Waals surface area contributed by atoms with Gasteiger partial charge >= 0.3 is 0 Å². The summed E-state index contributed by atoms with van der Waals surface area (Å²) in [6, 6.07) is -0.320. The Kier molecular flexibility index (Phi) is 6.12. The minimum Gasteiger partial charge on any atom is -0.379 e. The highest BCUT2D eigenvalue weighted by atomic mass is 16.5. The Hall–Kier alpha value is -1.10. The minimum atomic E-state index is -0.320. The van der Waals surface area contributed by atoms with Gasteiger partial charge in [0.2, 0.25) is 11.8 Å². The predicted octanol–water partition coefficient (Wildman–Crippen LogP) is 0.786. The van der Waals surface area contributed by atoms with Gasteiger partial charge in [-0.15, -0.1) is 0 Å². The zero-order valence-corrected chi connectivity index (χ0v) is 11.6. The second kappa shape index (κ2) is 7.36. The molecule has 0 aromatic rings. The molecule has 5 heteroatoms. The van der Waals surface area contributed by atoms with Crippen LogP contribution in [0.2, 0.25) is 0 Å². The number of carbonyl (C=O) groups excluding carboxylic acids is 2. The molecule has 1 atom stereocenters. The predicted molar refractivity (Wildman–Crippen MR) is 69.1 cm³/mol. The Balaban J connectivity index is 2.46. The number of hydrogen-bond donors (Lipinski definition) is 1. The maximum atomic E-state index is 11.8. The van der Waals surface area contributed by atoms with E-state index >= 15 is 0 Å². The molecule has 0 aromatic carbocycles. The first-order valence-electron chi connectivity index (χ1n) is 6.71. The maximum Gasteiger partial charge on any atom is 0.243 e. The molecule has 1 rings (SSSR count). The van der Waals surface area contributed by atoms with Gasteiger partial charge in [0.05, 0.1) is 13.2 Å². The molecule has 1 saturated heterocycles. The van der Waals surface area contributed by atoms with Crippen molar-refractivity contribution in [3.8, 4) is 0 Å². The van der Waals surface area contributed by atoms with E-state index < -0.39 is 0 Å². The van der Waals surface area contributed by atoms with Gasteiger partial charge in [0, 0.05) is 13.2 Å². The molecule has 0 saturated carbocycles. The SMILES string of the molecule is CCCC1C(=O)NCC(=O)N1CCOCC(C)C. The molecule has 0 radical (unpaired) electrons. The third-order valence-electron chi connectivity index (χ3n) is 2.90. The highest BCUT2D eigenvalue weighted by Crippen LogP contribution is 2.11. The van der Waals surface area contributed by atoms with Crippen LogP contribution in [0.1, 0.15) is 33.6 Å². The lowest BCUT2D eigenvalue weighted by molar-refractivity contribution is -0.146. The third kappa shape index (κ3) is 4.29. The zero-order chi connectivity index (χ0) is 13.5. The Morgan fingerprint density at radius 1 is 1.44 bits per heavy atom. The van der Waals surface area contributed by atoms with Crippen LogP contribution in [0.4, 0.5) is 0 Å². The van der Waals surface area contributed by atoms with Gasteiger partial charge in [-0.05, 0) is 12.3 Å². The van der Waals surface area contributed by atoms with Gasteiger partial charge in [-0.3, -0.25) is 9.59 Å². The van der Waals surface area contributed by atoms with E-state index in [2.05, 4.69) is 19.2 Å². The number of rotatable bonds is 7. The zero-order valence-electron chi connectivity index (χ0n) is 11.6. The molecule has 0 aromatic heterocycles. The van der Waals surface area contributed by atoms with E-state index in [1.165, 1.54) is 0 Å². The number of hydrogen-bond acceptors (Lipinski definition) is 3. The number of amides is 2. The van der Waals surface area contributed by atoms with Crippen molar-refractivity contribution in [2.24, 2.45) is 5.92 Å². The quantitative estimate of drug-likeness (QED) is 0.685. The molecule has 0 spiro atoms. The lowest BCUT2D eigenvalue weighted by Gasteiger charge is -2.34. The normalized spacial score (nSPS) is 20.4. The van der Waals surface area contributed by atoms with Crippen LogP contribution in [-0.4, -0.2) is 49.1 Å². The topological polar surface area (TPSA) is 58.6 Å². The maximum absolute atomic E-state index is 11.8. The molecule has 2 amide bonds. The van der Waals surface area contributed by atoms with Crippen LogP contribution in [0, 0.1) is 5.92 Å². The molecule has 1 aliphatic rings. The molecular formula is C13H24N2O3. The summed E-state index contributed by atoms with van der Waals surface area (Å²) in [5.41, 5.74) is 0. The molecule has 18 heavy (non-hydrogen) atoms. The van der Waals surface area contributed by atoms with Crippen molar-refractivity contribution in [2.45, 2.75) is 39.7 Å². The van der Waals surface area contributed by atoms with E-state index in [0.29, 0.717) is 32.1 Å². The van der Waals surface area contributed by atoms with Crippen LogP contribution in [0.5, 0.6) is 0 Å². The Morgan fingerprint density at radius 3 is 2.78 bits per heavy atom. The average Bonchev–Trinajstić information content (AvgIpc) is 2.32. The van der Waals surface area contributed by atoms with E-state index in [9.17, 15) is 9.59 Å². The Labute approximate surface area is 109 Å². The molecule has 1 unspecified atom stereocenters. The van der Waals surface area contributed by atoms with Crippen molar-refractivity contribution in [2.75, 3.05) is 26.3 Å². The van der Waals surface area contributed by atoms with Crippen LogP contribution in [0.15, 0.2) is 0 Å². The Morgan fingerprint density at radius 2 is 2.17 bits per heavy atom. The summed E-state index contributed by atoms with van der Waals surface area (Å²) in [4.78, 5) is 25.2. The van der Waals surface area contributed by atoms with Gasteiger partial charge in [-0.25, -0.2) is 0 Å². The number of piperazine rings is 1. The van der Waals surface area contributed by atoms with Crippen molar-refractivity contribution in [1.82, 2.24) is 10.2 Å². The van der Waals surface area contributed by atoms with Gasteiger partial charge in [-0.2, -0.15) is 0 Å². The first-order chi connectivity index (χ1) is 8.56. The summed E-state index contributed by atoms with van der Waals surface area (Å²) in [6.45, 7) is 7.98. The van der Waals surface area contributed by atoms with Crippen molar-refractivity contribution >= 4 is 11.8 Å². The van der Waals surface area contributed by atoms with Crippen molar-refractivity contribution < 1.29 is 14.3 Å². The molecular weight excluding hydrogens is 232 g/mol. The van der Waals surface area contributed by atoms with Gasteiger partial charge < -0.3 is 15.0 Å². The first-order valence-corrected chi connectivity index (χ1v) is 6.71. The number of nitrogens with zero attached hydrogens (tertiary/aromatic N) is 1. The number of carbonyl (C=O) groups is 2. The summed E-state index contributed by atoms with van der Waals surface area (Å²) in [6.07, 6.45) is 1.59. The molecule has 0 bridgehead atoms. The number of ether oxygens (including phenoxy) is 1. The lowest BCUT2D eigenvalue weighted by atomic mass is 10.1. The standard InChI is InChI=1S/C13H24N2O3/c1-4-5-11-13(17)14-8-12(16)15(11)6-7-18-9-10(2)3/h10-11H,4-9H2,1-3H3,(H,14,17). The third-order valence-corrected chi connectivity index (χ3v) is 2.90. The fourth-order valence-electron chi connectivity index (χ4n) is 2.02. The van der Waals surface area contributed by atoms with E-state index in [1.54, 1.807) is 4.90 Å². The van der Waals surface area contributed by atoms with E-state index in [-0.39, 0.29) is 24.4 Å². The molecule has 5 nitrogen and oxygen atoms in total. The van der Waals surface area contributed by atoms with Crippen LogP contribution in [0.25, 0.3) is 0 Å². The van der Waals surface area contributed by atoms with Crippen molar-refractivity contribution in [3.63, 3.8) is 0 Å². The minimum absolute atomic E-state index is 0.0128. The van der Waals surface area contributed by atoms with Crippen molar-refractivity contribution in [1.29, 1.82) is 0 Å². The summed E-state index contributed by atoms with van der Waals surface area (Å²) in [5.74, 6) is 0.429. The smallest absolute Gasteiger partial charge is 0.243 e. The van der Waals surface area contributed by atoms with Gasteiger partial charge in [-0.1, -0.05) is 27.2 Å². The second-order valence-corrected chi connectivity index (χ2v) is 5.08. The first kappa shape index (κ1) is 15.0. The van der Waals surface area contributed by atoms with Gasteiger partial charge in [0.25, 0.3) is 0 Å². The second-order valence-electron chi connectivity index (χ2n) is 5.08. The van der Waals surface area contributed by atoms with Crippen LogP contribution >= 0.6 is 0 Å². The van der Waals surface area contributed by atoms with Crippen molar-refractivity contribution in [3.05, 3.63) is 0 Å². The van der Waals surface area contributed by atoms with E-state index in [0.717, 1.165) is 6.42 Å². The summed E-state index contributed by atoms with van der Waals surface area (Å²) < 4.78 is 5.48. The van der Waals surface area contributed by atoms with Crippen LogP contribution in [0.3, 0.4) is 0 Å². The molecule has 1 fully saturated rings. The molecule has 1 heterocycles. The summed E-state index contributed by atoms with van der Waals surface area (Å²) >= 11 is 0. The molecule has 1 aliphatic heterocycles. The lowest BCUT2D eigenvalue weighted by Crippen LogP contribution is -2.58. The Bertz CT molecular complexity index is 292. The van der Waals surface area contributed by atoms with E-state index in [1.807, 2.05) is 6.92 Å². The van der Waals surface area contributed by atoms with Crippen LogP contribution in [-0.2, 0) is 14.3 Å². The van der Waals surface area contributed by atoms with Gasteiger partial charge in [0.15, 0.2) is 0 Å². The van der Waals surface area contributed by atoms with E-state index in [4.69, 9.17) is 4.74 Å². The fourth-order valence-corrected chi connectivity index (χ4v) is 2.02. The highest BCUT2D eigenvalue weighted by molar-refractivity contribution is 5.94. The average molecular weight is 256 g/mol. The monoisotopic (exact) mass is 256 g/mol. The summed E-state index contributed by atoms with van der Waals surface area (Å²) in [5, 5.41) is 2.63. The largest absolute Gasteiger partial charge is 0.379 e. The number of nitrogens with one attached hydrogen (secondary N) is 1. The molecule has 0 aliphatic carbocycles. The summed E-state index contributed by atoms with van der Waals surface area (Å²) in [7, 11) is 0. The highest BCUT2D eigenvalue weighted by Gasteiger charge is 2.33. The molecule has 104 valence electrons. The van der Waals surface area contributed by atoms with Crippen LogP contribution < -0.4 is 5.32 Å². The molecule has 1 N–H and O–H groups in total. The fraction of sp³-hybridized carbons (Fsp3) is 0.846. The van der Waals surface area contributed by atoms with Gasteiger partial charge in [0.1, 0.15) is 6.04 Å².